The zero-order valence-electron chi connectivity index (χ0n) is 8.70. The van der Waals surface area contributed by atoms with Gasteiger partial charge in [-0.2, -0.15) is 10.2 Å². The van der Waals surface area contributed by atoms with Gasteiger partial charge in [0.15, 0.2) is 0 Å². The minimum atomic E-state index is -0.931. The number of carboxylic acids is 1. The second kappa shape index (κ2) is 9.36. The molecule has 0 bridgehead atoms. The first-order chi connectivity index (χ1) is 6.55. The molecular weight excluding hydrogens is 218 g/mol. The molecule has 5 nitrogen and oxygen atoms in total. The van der Waals surface area contributed by atoms with Gasteiger partial charge in [0.2, 0.25) is 0 Å². The normalized spacial score (nSPS) is 10.7. The molecule has 1 atom stereocenters. The van der Waals surface area contributed by atoms with Crippen LogP contribution in [-0.4, -0.2) is 27.3 Å². The Bertz CT molecular complexity index is 230. The summed E-state index contributed by atoms with van der Waals surface area (Å²) in [6.45, 7) is 3.55. The molecule has 0 aliphatic rings. The van der Waals surface area contributed by atoms with Crippen LogP contribution < -0.4 is 5.73 Å². The van der Waals surface area contributed by atoms with Crippen molar-refractivity contribution in [1.82, 2.24) is 10.2 Å². The molecule has 1 aromatic heterocycles. The third-order valence-electron chi connectivity index (χ3n) is 1.49. The van der Waals surface area contributed by atoms with Gasteiger partial charge in [-0.15, -0.1) is 12.4 Å². The molecule has 1 rings (SSSR count). The van der Waals surface area contributed by atoms with Crippen molar-refractivity contribution in [1.29, 1.82) is 0 Å². The van der Waals surface area contributed by atoms with Crippen molar-refractivity contribution in [3.8, 4) is 0 Å². The first-order valence-electron chi connectivity index (χ1n) is 4.25. The topological polar surface area (TPSA) is 89.1 Å². The maximum absolute atomic E-state index is 10.0. The maximum atomic E-state index is 10.0. The number of nitrogens with two attached hydrogens (primary N) is 1. The molecule has 0 aromatic carbocycles. The van der Waals surface area contributed by atoms with Gasteiger partial charge >= 0.3 is 5.97 Å². The molecule has 86 valence electrons. The number of carboxylic acid groups (broad SMARTS) is 1. The van der Waals surface area contributed by atoms with E-state index < -0.39 is 12.0 Å². The molecule has 0 aliphatic carbocycles. The van der Waals surface area contributed by atoms with Crippen LogP contribution in [0.4, 0.5) is 0 Å². The highest BCUT2D eigenvalue weighted by Crippen LogP contribution is 1.96. The molecule has 0 saturated carbocycles. The molecule has 0 aliphatic heterocycles. The van der Waals surface area contributed by atoms with Crippen LogP contribution in [0.3, 0.4) is 0 Å². The molecule has 0 spiro atoms. The van der Waals surface area contributed by atoms with E-state index in [0.717, 1.165) is 0 Å². The Balaban J connectivity index is 0. The second-order valence-corrected chi connectivity index (χ2v) is 3.02. The fourth-order valence-corrected chi connectivity index (χ4v) is 0.538. The fraction of sp³-hybridized carbons (Fsp3) is 0.444. The van der Waals surface area contributed by atoms with Crippen molar-refractivity contribution in [2.75, 3.05) is 0 Å². The summed E-state index contributed by atoms with van der Waals surface area (Å²) in [6, 6.07) is 2.94. The van der Waals surface area contributed by atoms with Crippen molar-refractivity contribution < 1.29 is 9.90 Å². The van der Waals surface area contributed by atoms with E-state index in [1.165, 1.54) is 0 Å². The van der Waals surface area contributed by atoms with Crippen molar-refractivity contribution in [2.24, 2.45) is 11.7 Å². The van der Waals surface area contributed by atoms with E-state index in [9.17, 15) is 4.79 Å². The molecule has 6 heteroatoms. The quantitative estimate of drug-likeness (QED) is 0.794. The summed E-state index contributed by atoms with van der Waals surface area (Å²) in [7, 11) is 0. The van der Waals surface area contributed by atoms with Crippen LogP contribution in [0, 0.1) is 5.92 Å². The summed E-state index contributed by atoms with van der Waals surface area (Å²) >= 11 is 0. The summed E-state index contributed by atoms with van der Waals surface area (Å²) in [5.41, 5.74) is 5.16. The summed E-state index contributed by atoms with van der Waals surface area (Å²) in [6.07, 6.45) is 3.28. The Morgan fingerprint density at radius 1 is 1.27 bits per heavy atom. The van der Waals surface area contributed by atoms with Gasteiger partial charge in [0.05, 0.1) is 0 Å². The largest absolute Gasteiger partial charge is 0.480 e. The molecule has 1 heterocycles. The van der Waals surface area contributed by atoms with Crippen molar-refractivity contribution in [3.05, 3.63) is 24.5 Å². The smallest absolute Gasteiger partial charge is 0.320 e. The van der Waals surface area contributed by atoms with E-state index in [1.54, 1.807) is 26.2 Å². The maximum Gasteiger partial charge on any atom is 0.320 e. The monoisotopic (exact) mass is 233 g/mol. The first kappa shape index (κ1) is 16.2. The zero-order chi connectivity index (χ0) is 11.0. The minimum absolute atomic E-state index is 0. The molecule has 3 N–H and O–H groups in total. The van der Waals surface area contributed by atoms with E-state index in [0.29, 0.717) is 0 Å². The number of aromatic nitrogens is 2. The number of rotatable bonds is 2. The van der Waals surface area contributed by atoms with Crippen LogP contribution in [0.5, 0.6) is 0 Å². The van der Waals surface area contributed by atoms with Crippen LogP contribution in [0.25, 0.3) is 0 Å². The fourth-order valence-electron chi connectivity index (χ4n) is 0.538. The van der Waals surface area contributed by atoms with Gasteiger partial charge in [-0.3, -0.25) is 4.79 Å². The molecule has 0 unspecified atom stereocenters. The van der Waals surface area contributed by atoms with Crippen LogP contribution in [0.15, 0.2) is 24.5 Å². The molecular formula is C9H16ClN3O2. The van der Waals surface area contributed by atoms with Gasteiger partial charge < -0.3 is 10.8 Å². The second-order valence-electron chi connectivity index (χ2n) is 3.02. The minimum Gasteiger partial charge on any atom is -0.480 e. The number of nitrogens with zero attached hydrogens (tertiary/aromatic N) is 2. The highest BCUT2D eigenvalue weighted by molar-refractivity contribution is 5.85. The lowest BCUT2D eigenvalue weighted by Crippen LogP contribution is -2.34. The Hall–Kier alpha value is -1.20. The van der Waals surface area contributed by atoms with E-state index in [4.69, 9.17) is 10.8 Å². The SMILES string of the molecule is CC(C)[C@H](N)C(=O)O.Cl.c1ccnnc1. The first-order valence-corrected chi connectivity index (χ1v) is 4.25. The predicted octanol–water partition coefficient (Wildman–Crippen LogP) is 0.953. The lowest BCUT2D eigenvalue weighted by Gasteiger charge is -2.07. The summed E-state index contributed by atoms with van der Waals surface area (Å²) in [5, 5.41) is 15.3. The highest BCUT2D eigenvalue weighted by Gasteiger charge is 2.14. The van der Waals surface area contributed by atoms with Crippen LogP contribution in [-0.2, 0) is 4.79 Å². The van der Waals surface area contributed by atoms with Gasteiger partial charge in [0.1, 0.15) is 6.04 Å². The van der Waals surface area contributed by atoms with Crippen molar-refractivity contribution >= 4 is 18.4 Å². The number of hydrogen-bond donors (Lipinski definition) is 2. The third kappa shape index (κ3) is 9.11. The Morgan fingerprint density at radius 3 is 1.73 bits per heavy atom. The molecule has 1 aromatic rings. The molecule has 0 radical (unpaired) electrons. The standard InChI is InChI=1S/C5H11NO2.C4H4N2.ClH/c1-3(2)4(6)5(7)8;1-2-4-6-5-3-1;/h3-4H,6H2,1-2H3,(H,7,8);1-4H;1H/t4-;;/m0../s1. The highest BCUT2D eigenvalue weighted by atomic mass is 35.5. The molecule has 0 amide bonds. The van der Waals surface area contributed by atoms with Gasteiger partial charge in [-0.05, 0) is 18.1 Å². The van der Waals surface area contributed by atoms with E-state index >= 15 is 0 Å². The average Bonchev–Trinajstić information content (AvgIpc) is 2.20. The number of hydrogen-bond acceptors (Lipinski definition) is 4. The summed E-state index contributed by atoms with van der Waals surface area (Å²) in [5.74, 6) is -0.910. The molecule has 0 fully saturated rings. The number of halogens is 1. The Labute approximate surface area is 95.1 Å². The van der Waals surface area contributed by atoms with Crippen molar-refractivity contribution in [3.63, 3.8) is 0 Å². The predicted molar refractivity (Wildman–Crippen MR) is 59.7 cm³/mol. The third-order valence-corrected chi connectivity index (χ3v) is 1.49. The Kier molecular flexibility index (Phi) is 10.1. The van der Waals surface area contributed by atoms with Crippen molar-refractivity contribution in [2.45, 2.75) is 19.9 Å². The molecule has 0 saturated heterocycles. The van der Waals surface area contributed by atoms with Crippen LogP contribution in [0.1, 0.15) is 13.8 Å². The van der Waals surface area contributed by atoms with Crippen LogP contribution >= 0.6 is 12.4 Å². The van der Waals surface area contributed by atoms with Gasteiger partial charge in [-0.25, -0.2) is 0 Å². The molecule has 15 heavy (non-hydrogen) atoms. The number of carbonyl (C=O) groups is 1. The summed E-state index contributed by atoms with van der Waals surface area (Å²) < 4.78 is 0. The van der Waals surface area contributed by atoms with Gasteiger partial charge in [-0.1, -0.05) is 13.8 Å². The van der Waals surface area contributed by atoms with Crippen LogP contribution in [0.2, 0.25) is 0 Å². The van der Waals surface area contributed by atoms with E-state index in [1.807, 2.05) is 12.1 Å². The van der Waals surface area contributed by atoms with E-state index in [-0.39, 0.29) is 18.3 Å². The van der Waals surface area contributed by atoms with E-state index in [2.05, 4.69) is 10.2 Å². The van der Waals surface area contributed by atoms with Gasteiger partial charge in [0.25, 0.3) is 0 Å². The summed E-state index contributed by atoms with van der Waals surface area (Å²) in [4.78, 5) is 10.0. The lowest BCUT2D eigenvalue weighted by atomic mass is 10.1. The number of aliphatic carboxylic acids is 1. The lowest BCUT2D eigenvalue weighted by molar-refractivity contribution is -0.139. The Morgan fingerprint density at radius 2 is 1.67 bits per heavy atom. The zero-order valence-corrected chi connectivity index (χ0v) is 9.52. The average molecular weight is 234 g/mol. The van der Waals surface area contributed by atoms with Gasteiger partial charge in [0, 0.05) is 12.4 Å².